The van der Waals surface area contributed by atoms with E-state index >= 15 is 0 Å². The van der Waals surface area contributed by atoms with Gasteiger partial charge in [-0.1, -0.05) is 77.9 Å². The molecule has 0 aliphatic carbocycles. The molecular weight excluding hydrogens is 318 g/mol. The summed E-state index contributed by atoms with van der Waals surface area (Å²) in [5.41, 5.74) is 2.30. The lowest BCUT2D eigenvalue weighted by atomic mass is 10.3. The van der Waals surface area contributed by atoms with Crippen molar-refractivity contribution in [3.05, 3.63) is 67.0 Å². The van der Waals surface area contributed by atoms with Gasteiger partial charge in [-0.2, -0.15) is 5.10 Å². The number of fused-ring (bicyclic) bond motifs is 2. The van der Waals surface area contributed by atoms with E-state index in [-0.39, 0.29) is 0 Å². The summed E-state index contributed by atoms with van der Waals surface area (Å²) < 4.78 is 0. The van der Waals surface area contributed by atoms with Crippen molar-refractivity contribution in [3.63, 3.8) is 0 Å². The number of hydrogen-bond donors (Lipinski definition) is 2. The number of H-pyrrole nitrogens is 2. The van der Waals surface area contributed by atoms with Crippen LogP contribution in [0, 0.1) is 11.8 Å². The summed E-state index contributed by atoms with van der Waals surface area (Å²) in [5.74, 6) is 1.67. The standard InChI is InChI=1S/C8H7N.C7H6N2.2C4H10/c1-2-4-8-7(3-1)5-6-9-8;1-2-4-7-6(3-1)5-8-9-7;2*1-4(2)3/h1-6,9H;1-5H,(H,8,9);2*4H,1-3H3. The highest BCUT2D eigenvalue weighted by Gasteiger charge is 1.88. The number of rotatable bonds is 0. The Labute approximate surface area is 157 Å². The quantitative estimate of drug-likeness (QED) is 0.350. The molecular formula is C23H33N3. The van der Waals surface area contributed by atoms with E-state index in [0.29, 0.717) is 0 Å². The van der Waals surface area contributed by atoms with Gasteiger partial charge in [-0.15, -0.1) is 0 Å². The largest absolute Gasteiger partial charge is 0.361 e. The van der Waals surface area contributed by atoms with E-state index in [2.05, 4.69) is 74.9 Å². The van der Waals surface area contributed by atoms with Crippen molar-refractivity contribution in [3.8, 4) is 0 Å². The Hall–Kier alpha value is -2.55. The van der Waals surface area contributed by atoms with Gasteiger partial charge in [-0.25, -0.2) is 0 Å². The van der Waals surface area contributed by atoms with Gasteiger partial charge in [0.25, 0.3) is 0 Å². The molecule has 2 aromatic carbocycles. The normalized spacial score (nSPS) is 9.85. The van der Waals surface area contributed by atoms with E-state index in [4.69, 9.17) is 0 Å². The molecule has 3 heteroatoms. The molecule has 2 heterocycles. The van der Waals surface area contributed by atoms with E-state index < -0.39 is 0 Å². The summed E-state index contributed by atoms with van der Waals surface area (Å²) >= 11 is 0. The van der Waals surface area contributed by atoms with Gasteiger partial charge in [-0.05, 0) is 35.4 Å². The summed E-state index contributed by atoms with van der Waals surface area (Å²) in [6, 6.07) is 18.3. The first kappa shape index (κ1) is 21.5. The topological polar surface area (TPSA) is 44.5 Å². The Morgan fingerprint density at radius 2 is 1.15 bits per heavy atom. The monoisotopic (exact) mass is 351 g/mol. The zero-order chi connectivity index (χ0) is 19.4. The molecule has 0 spiro atoms. The minimum Gasteiger partial charge on any atom is -0.361 e. The van der Waals surface area contributed by atoms with Crippen LogP contribution < -0.4 is 0 Å². The zero-order valence-corrected chi connectivity index (χ0v) is 17.0. The molecule has 3 nitrogen and oxygen atoms in total. The summed E-state index contributed by atoms with van der Waals surface area (Å²) in [4.78, 5) is 3.12. The number of hydrogen-bond acceptors (Lipinski definition) is 1. The van der Waals surface area contributed by atoms with Crippen LogP contribution in [0.2, 0.25) is 0 Å². The number of nitrogens with one attached hydrogen (secondary N) is 2. The third-order valence-corrected chi connectivity index (χ3v) is 2.81. The van der Waals surface area contributed by atoms with Crippen LogP contribution in [0.4, 0.5) is 0 Å². The molecule has 0 atom stereocenters. The van der Waals surface area contributed by atoms with E-state index in [1.165, 1.54) is 10.9 Å². The van der Waals surface area contributed by atoms with Crippen molar-refractivity contribution in [1.29, 1.82) is 0 Å². The third kappa shape index (κ3) is 9.07. The van der Waals surface area contributed by atoms with Crippen LogP contribution in [0.5, 0.6) is 0 Å². The fourth-order valence-corrected chi connectivity index (χ4v) is 1.88. The number of aromatic amines is 2. The summed E-state index contributed by atoms with van der Waals surface area (Å²) in [6.45, 7) is 13.0. The SMILES string of the molecule is CC(C)C.CC(C)C.c1ccc2[nH]ccc2c1.c1ccc2[nH]ncc2c1. The molecule has 0 saturated heterocycles. The molecule has 0 radical (unpaired) electrons. The lowest BCUT2D eigenvalue weighted by molar-refractivity contribution is 0.736. The first-order valence-electron chi connectivity index (χ1n) is 9.30. The molecule has 140 valence electrons. The number of para-hydroxylation sites is 2. The second kappa shape index (κ2) is 11.9. The highest BCUT2D eigenvalue weighted by Crippen LogP contribution is 2.09. The molecule has 4 rings (SSSR count). The summed E-state index contributed by atoms with van der Waals surface area (Å²) in [6.07, 6.45) is 3.76. The van der Waals surface area contributed by atoms with Gasteiger partial charge in [0, 0.05) is 17.1 Å². The Morgan fingerprint density at radius 3 is 1.69 bits per heavy atom. The zero-order valence-electron chi connectivity index (χ0n) is 17.0. The lowest BCUT2D eigenvalue weighted by Crippen LogP contribution is -1.66. The summed E-state index contributed by atoms with van der Waals surface area (Å²) in [7, 11) is 0. The minimum atomic E-state index is 0.833. The third-order valence-electron chi connectivity index (χ3n) is 2.81. The average Bonchev–Trinajstić information content (AvgIpc) is 3.23. The minimum absolute atomic E-state index is 0.833. The molecule has 0 aliphatic rings. The van der Waals surface area contributed by atoms with E-state index in [1.54, 1.807) is 0 Å². The van der Waals surface area contributed by atoms with Crippen molar-refractivity contribution < 1.29 is 0 Å². The van der Waals surface area contributed by atoms with Crippen LogP contribution in [0.1, 0.15) is 41.5 Å². The van der Waals surface area contributed by atoms with Crippen LogP contribution in [0.3, 0.4) is 0 Å². The van der Waals surface area contributed by atoms with Crippen LogP contribution in [-0.2, 0) is 0 Å². The van der Waals surface area contributed by atoms with E-state index in [0.717, 1.165) is 22.7 Å². The van der Waals surface area contributed by atoms with Gasteiger partial charge in [0.1, 0.15) is 0 Å². The van der Waals surface area contributed by atoms with Crippen molar-refractivity contribution in [1.82, 2.24) is 15.2 Å². The lowest BCUT2D eigenvalue weighted by Gasteiger charge is -1.83. The first-order valence-corrected chi connectivity index (χ1v) is 9.30. The first-order chi connectivity index (χ1) is 12.4. The number of aromatic nitrogens is 3. The van der Waals surface area contributed by atoms with Gasteiger partial charge in [0.2, 0.25) is 0 Å². The Balaban J connectivity index is 0.000000188. The molecule has 0 unspecified atom stereocenters. The van der Waals surface area contributed by atoms with Crippen LogP contribution in [-0.4, -0.2) is 15.2 Å². The van der Waals surface area contributed by atoms with E-state index in [9.17, 15) is 0 Å². The van der Waals surface area contributed by atoms with Gasteiger partial charge in [0.15, 0.2) is 0 Å². The molecule has 2 N–H and O–H groups in total. The van der Waals surface area contributed by atoms with Gasteiger partial charge < -0.3 is 4.98 Å². The molecule has 2 aromatic heterocycles. The highest BCUT2D eigenvalue weighted by atomic mass is 15.1. The van der Waals surface area contributed by atoms with Crippen LogP contribution in [0.15, 0.2) is 67.0 Å². The maximum atomic E-state index is 3.88. The number of benzene rings is 2. The maximum absolute atomic E-state index is 3.88. The van der Waals surface area contributed by atoms with Crippen molar-refractivity contribution in [2.75, 3.05) is 0 Å². The second-order valence-corrected chi connectivity index (χ2v) is 7.49. The van der Waals surface area contributed by atoms with Crippen molar-refractivity contribution >= 4 is 21.8 Å². The van der Waals surface area contributed by atoms with Crippen molar-refractivity contribution in [2.45, 2.75) is 41.5 Å². The Kier molecular flexibility index (Phi) is 9.85. The van der Waals surface area contributed by atoms with Gasteiger partial charge >= 0.3 is 0 Å². The van der Waals surface area contributed by atoms with Crippen LogP contribution >= 0.6 is 0 Å². The van der Waals surface area contributed by atoms with Crippen molar-refractivity contribution in [2.24, 2.45) is 11.8 Å². The molecule has 0 amide bonds. The molecule has 0 saturated carbocycles. The van der Waals surface area contributed by atoms with E-state index in [1.807, 2.05) is 48.8 Å². The maximum Gasteiger partial charge on any atom is 0.0650 e. The predicted molar refractivity (Wildman–Crippen MR) is 115 cm³/mol. The fraction of sp³-hybridized carbons (Fsp3) is 0.348. The van der Waals surface area contributed by atoms with Crippen LogP contribution in [0.25, 0.3) is 21.8 Å². The molecule has 0 fully saturated rings. The second-order valence-electron chi connectivity index (χ2n) is 7.49. The molecule has 26 heavy (non-hydrogen) atoms. The Bertz CT molecular complexity index is 703. The van der Waals surface area contributed by atoms with Gasteiger partial charge in [-0.3, -0.25) is 5.10 Å². The smallest absolute Gasteiger partial charge is 0.0650 e. The predicted octanol–water partition coefficient (Wildman–Crippen LogP) is 7.06. The van der Waals surface area contributed by atoms with Gasteiger partial charge in [0.05, 0.1) is 11.7 Å². The highest BCUT2D eigenvalue weighted by molar-refractivity contribution is 5.78. The molecule has 0 bridgehead atoms. The summed E-state index contributed by atoms with van der Waals surface area (Å²) in [5, 5.41) is 9.19. The molecule has 4 aromatic rings. The molecule has 0 aliphatic heterocycles. The average molecular weight is 352 g/mol. The Morgan fingerprint density at radius 1 is 0.654 bits per heavy atom. The number of nitrogens with zero attached hydrogens (tertiary/aromatic N) is 1. The fourth-order valence-electron chi connectivity index (χ4n) is 1.88.